The highest BCUT2D eigenvalue weighted by Crippen LogP contribution is 2.26. The Morgan fingerprint density at radius 2 is 2.00 bits per heavy atom. The molecule has 0 bridgehead atoms. The zero-order valence-electron chi connectivity index (χ0n) is 13.2. The van der Waals surface area contributed by atoms with Gasteiger partial charge in [0.2, 0.25) is 5.91 Å². The highest BCUT2D eigenvalue weighted by Gasteiger charge is 2.28. The number of nitrogens with zero attached hydrogens (tertiary/aromatic N) is 2. The second kappa shape index (κ2) is 7.99. The zero-order valence-corrected chi connectivity index (χ0v) is 13.2. The van der Waals surface area contributed by atoms with Crippen molar-refractivity contribution in [2.45, 2.75) is 52.0 Å². The largest absolute Gasteiger partial charge is 0.340 e. The van der Waals surface area contributed by atoms with E-state index in [4.69, 9.17) is 0 Å². The second-order valence-electron chi connectivity index (χ2n) is 6.39. The Kier molecular flexibility index (Phi) is 6.30. The van der Waals surface area contributed by atoms with Crippen molar-refractivity contribution in [1.29, 1.82) is 0 Å². The van der Waals surface area contributed by atoms with E-state index in [1.54, 1.807) is 0 Å². The van der Waals surface area contributed by atoms with Crippen LogP contribution in [0, 0.1) is 5.92 Å². The summed E-state index contributed by atoms with van der Waals surface area (Å²) in [7, 11) is 0. The molecule has 4 heteroatoms. The quantitative estimate of drug-likeness (QED) is 0.833. The van der Waals surface area contributed by atoms with Crippen LogP contribution in [0.2, 0.25) is 0 Å². The minimum Gasteiger partial charge on any atom is -0.340 e. The van der Waals surface area contributed by atoms with E-state index in [1.165, 1.54) is 32.2 Å². The van der Waals surface area contributed by atoms with Gasteiger partial charge in [-0.3, -0.25) is 9.69 Å². The van der Waals surface area contributed by atoms with E-state index in [2.05, 4.69) is 24.1 Å². The zero-order chi connectivity index (χ0) is 14.4. The van der Waals surface area contributed by atoms with Gasteiger partial charge in [-0.15, -0.1) is 0 Å². The summed E-state index contributed by atoms with van der Waals surface area (Å²) < 4.78 is 0. The lowest BCUT2D eigenvalue weighted by Crippen LogP contribution is -2.49. The Balaban J connectivity index is 1.79. The second-order valence-corrected chi connectivity index (χ2v) is 6.39. The molecule has 0 radical (unpaired) electrons. The van der Waals surface area contributed by atoms with E-state index in [-0.39, 0.29) is 0 Å². The molecule has 2 rings (SSSR count). The molecule has 116 valence electrons. The standard InChI is InChI=1S/C16H31N3O/c1-3-5-15-14(2)6-4-10-18(15)11-7-16(20)19-12-8-17-9-13-19/h14-15,17H,3-13H2,1-2H3. The third kappa shape index (κ3) is 4.19. The fourth-order valence-corrected chi connectivity index (χ4v) is 3.69. The van der Waals surface area contributed by atoms with Crippen molar-refractivity contribution in [2.24, 2.45) is 5.92 Å². The molecule has 2 fully saturated rings. The maximum absolute atomic E-state index is 12.3. The van der Waals surface area contributed by atoms with Gasteiger partial charge >= 0.3 is 0 Å². The Labute approximate surface area is 123 Å². The van der Waals surface area contributed by atoms with Crippen LogP contribution in [0.3, 0.4) is 0 Å². The first-order valence-corrected chi connectivity index (χ1v) is 8.45. The van der Waals surface area contributed by atoms with Gasteiger partial charge in [-0.1, -0.05) is 20.3 Å². The number of piperidine rings is 1. The number of hydrogen-bond donors (Lipinski definition) is 1. The normalized spacial score (nSPS) is 28.6. The molecule has 2 unspecified atom stereocenters. The van der Waals surface area contributed by atoms with E-state index in [0.29, 0.717) is 18.4 Å². The number of amides is 1. The SMILES string of the molecule is CCCC1C(C)CCCN1CCC(=O)N1CCNCC1. The number of nitrogens with one attached hydrogen (secondary N) is 1. The summed E-state index contributed by atoms with van der Waals surface area (Å²) in [5, 5.41) is 3.30. The Bertz CT molecular complexity index is 302. The molecule has 2 aliphatic rings. The summed E-state index contributed by atoms with van der Waals surface area (Å²) in [6.07, 6.45) is 5.88. The first-order chi connectivity index (χ1) is 9.72. The molecule has 2 atom stereocenters. The summed E-state index contributed by atoms with van der Waals surface area (Å²) in [6.45, 7) is 10.5. The van der Waals surface area contributed by atoms with Crippen LogP contribution in [-0.2, 0) is 4.79 Å². The summed E-state index contributed by atoms with van der Waals surface area (Å²) >= 11 is 0. The van der Waals surface area contributed by atoms with Gasteiger partial charge < -0.3 is 10.2 Å². The van der Waals surface area contributed by atoms with E-state index >= 15 is 0 Å². The van der Waals surface area contributed by atoms with Gasteiger partial charge in [-0.25, -0.2) is 0 Å². The number of carbonyl (C=O) groups is 1. The maximum Gasteiger partial charge on any atom is 0.223 e. The molecule has 0 spiro atoms. The van der Waals surface area contributed by atoms with Gasteiger partial charge in [0.1, 0.15) is 0 Å². The Morgan fingerprint density at radius 1 is 1.25 bits per heavy atom. The number of rotatable bonds is 5. The molecule has 0 saturated carbocycles. The minimum atomic E-state index is 0.347. The Morgan fingerprint density at radius 3 is 2.70 bits per heavy atom. The van der Waals surface area contributed by atoms with Crippen LogP contribution in [0.4, 0.5) is 0 Å². The highest BCUT2D eigenvalue weighted by atomic mass is 16.2. The van der Waals surface area contributed by atoms with Gasteiger partial charge in [0, 0.05) is 45.2 Å². The van der Waals surface area contributed by atoms with Crippen molar-refractivity contribution in [1.82, 2.24) is 15.1 Å². The molecule has 1 amide bonds. The summed E-state index contributed by atoms with van der Waals surface area (Å²) in [5.74, 6) is 1.14. The van der Waals surface area contributed by atoms with Crippen LogP contribution in [0.5, 0.6) is 0 Å². The molecule has 2 heterocycles. The van der Waals surface area contributed by atoms with E-state index in [1.807, 2.05) is 4.90 Å². The monoisotopic (exact) mass is 281 g/mol. The molecule has 4 nitrogen and oxygen atoms in total. The van der Waals surface area contributed by atoms with Crippen molar-refractivity contribution in [3.05, 3.63) is 0 Å². The summed E-state index contributed by atoms with van der Waals surface area (Å²) in [5.41, 5.74) is 0. The third-order valence-corrected chi connectivity index (χ3v) is 4.90. The van der Waals surface area contributed by atoms with E-state index in [9.17, 15) is 4.79 Å². The number of hydrogen-bond acceptors (Lipinski definition) is 3. The van der Waals surface area contributed by atoms with Gasteiger partial charge in [0.25, 0.3) is 0 Å². The van der Waals surface area contributed by atoms with Crippen LogP contribution in [0.25, 0.3) is 0 Å². The fraction of sp³-hybridized carbons (Fsp3) is 0.938. The van der Waals surface area contributed by atoms with Crippen LogP contribution >= 0.6 is 0 Å². The van der Waals surface area contributed by atoms with Crippen molar-refractivity contribution >= 4 is 5.91 Å². The highest BCUT2D eigenvalue weighted by molar-refractivity contribution is 5.76. The number of carbonyl (C=O) groups excluding carboxylic acids is 1. The molecule has 0 aromatic heterocycles. The van der Waals surface area contributed by atoms with Gasteiger partial charge in [0.15, 0.2) is 0 Å². The average Bonchev–Trinajstić information content (AvgIpc) is 2.48. The predicted molar refractivity (Wildman–Crippen MR) is 82.7 cm³/mol. The van der Waals surface area contributed by atoms with Crippen molar-refractivity contribution < 1.29 is 4.79 Å². The molecule has 20 heavy (non-hydrogen) atoms. The van der Waals surface area contributed by atoms with Crippen LogP contribution in [-0.4, -0.2) is 61.0 Å². The molecular weight excluding hydrogens is 250 g/mol. The average molecular weight is 281 g/mol. The number of piperazine rings is 1. The van der Waals surface area contributed by atoms with Gasteiger partial charge in [-0.05, 0) is 31.7 Å². The molecular formula is C16H31N3O. The van der Waals surface area contributed by atoms with Crippen LogP contribution in [0.15, 0.2) is 0 Å². The molecule has 2 aliphatic heterocycles. The summed E-state index contributed by atoms with van der Waals surface area (Å²) in [6, 6.07) is 0.699. The van der Waals surface area contributed by atoms with Crippen LogP contribution in [0.1, 0.15) is 46.0 Å². The topological polar surface area (TPSA) is 35.6 Å². The van der Waals surface area contributed by atoms with Crippen molar-refractivity contribution in [3.8, 4) is 0 Å². The molecule has 0 aromatic carbocycles. The van der Waals surface area contributed by atoms with Gasteiger partial charge in [0.05, 0.1) is 0 Å². The van der Waals surface area contributed by atoms with Crippen molar-refractivity contribution in [3.63, 3.8) is 0 Å². The lowest BCUT2D eigenvalue weighted by atomic mass is 9.88. The summed E-state index contributed by atoms with van der Waals surface area (Å²) in [4.78, 5) is 16.9. The number of likely N-dealkylation sites (tertiary alicyclic amines) is 1. The first-order valence-electron chi connectivity index (χ1n) is 8.45. The lowest BCUT2D eigenvalue weighted by Gasteiger charge is -2.40. The van der Waals surface area contributed by atoms with E-state index < -0.39 is 0 Å². The lowest BCUT2D eigenvalue weighted by molar-refractivity contribution is -0.132. The molecule has 0 aromatic rings. The van der Waals surface area contributed by atoms with Crippen molar-refractivity contribution in [2.75, 3.05) is 39.3 Å². The molecule has 2 saturated heterocycles. The molecule has 0 aliphatic carbocycles. The molecule has 1 N–H and O–H groups in total. The van der Waals surface area contributed by atoms with Gasteiger partial charge in [-0.2, -0.15) is 0 Å². The fourth-order valence-electron chi connectivity index (χ4n) is 3.69. The minimum absolute atomic E-state index is 0.347. The smallest absolute Gasteiger partial charge is 0.223 e. The first kappa shape index (κ1) is 15.8. The predicted octanol–water partition coefficient (Wildman–Crippen LogP) is 1.71. The van der Waals surface area contributed by atoms with Crippen LogP contribution < -0.4 is 5.32 Å². The van der Waals surface area contributed by atoms with E-state index in [0.717, 1.165) is 38.6 Å². The third-order valence-electron chi connectivity index (χ3n) is 4.90. The Hall–Kier alpha value is -0.610. The maximum atomic E-state index is 12.3.